The third-order valence-corrected chi connectivity index (χ3v) is 5.20. The molecular weight excluding hydrogens is 363 g/mol. The van der Waals surface area contributed by atoms with Crippen molar-refractivity contribution in [3.63, 3.8) is 0 Å². The lowest BCUT2D eigenvalue weighted by atomic mass is 10.0. The number of amides is 3. The van der Waals surface area contributed by atoms with Gasteiger partial charge in [0.1, 0.15) is 5.82 Å². The van der Waals surface area contributed by atoms with Crippen molar-refractivity contribution in [3.8, 4) is 0 Å². The standard InChI is InChI=1S/C20H27FN4O3/c1-12(2)23-18(26)7-6-16-10-22-20(28)17-9-15(11-25(16)17)24-19(27)13-4-3-5-14(21)8-13/h3-5,8,12,15-17H,6-7,9-11H2,1-2H3,(H,22,28)(H,23,26)(H,24,27). The summed E-state index contributed by atoms with van der Waals surface area (Å²) < 4.78 is 13.3. The molecular formula is C20H27FN4O3. The van der Waals surface area contributed by atoms with Crippen LogP contribution in [0.3, 0.4) is 0 Å². The molecule has 7 nitrogen and oxygen atoms in total. The smallest absolute Gasteiger partial charge is 0.251 e. The molecule has 0 saturated carbocycles. The molecule has 0 spiro atoms. The summed E-state index contributed by atoms with van der Waals surface area (Å²) in [5.41, 5.74) is 0.260. The zero-order chi connectivity index (χ0) is 20.3. The molecule has 3 rings (SSSR count). The van der Waals surface area contributed by atoms with Crippen LogP contribution in [-0.4, -0.2) is 59.9 Å². The van der Waals surface area contributed by atoms with Crippen LogP contribution >= 0.6 is 0 Å². The van der Waals surface area contributed by atoms with Crippen LogP contribution in [0.25, 0.3) is 0 Å². The van der Waals surface area contributed by atoms with E-state index in [1.54, 1.807) is 6.07 Å². The second-order valence-electron chi connectivity index (χ2n) is 7.79. The second kappa shape index (κ2) is 8.68. The molecule has 0 aliphatic carbocycles. The van der Waals surface area contributed by atoms with Gasteiger partial charge in [0.05, 0.1) is 6.04 Å². The van der Waals surface area contributed by atoms with E-state index in [0.29, 0.717) is 32.4 Å². The maximum absolute atomic E-state index is 13.3. The Balaban J connectivity index is 1.59. The average Bonchev–Trinajstić information content (AvgIpc) is 3.05. The van der Waals surface area contributed by atoms with Crippen molar-refractivity contribution in [1.29, 1.82) is 0 Å². The number of benzene rings is 1. The Bertz CT molecular complexity index is 755. The minimum Gasteiger partial charge on any atom is -0.354 e. The molecule has 2 aliphatic heterocycles. The summed E-state index contributed by atoms with van der Waals surface area (Å²) in [4.78, 5) is 38.7. The summed E-state index contributed by atoms with van der Waals surface area (Å²) in [7, 11) is 0. The number of halogens is 1. The summed E-state index contributed by atoms with van der Waals surface area (Å²) in [5, 5.41) is 8.69. The van der Waals surface area contributed by atoms with Crippen LogP contribution in [0.5, 0.6) is 0 Å². The van der Waals surface area contributed by atoms with Crippen LogP contribution in [0.1, 0.15) is 43.5 Å². The van der Waals surface area contributed by atoms with Gasteiger partial charge in [-0.1, -0.05) is 6.07 Å². The monoisotopic (exact) mass is 390 g/mol. The molecule has 0 bridgehead atoms. The predicted molar refractivity (Wildman–Crippen MR) is 102 cm³/mol. The van der Waals surface area contributed by atoms with Crippen molar-refractivity contribution in [2.45, 2.75) is 57.3 Å². The topological polar surface area (TPSA) is 90.5 Å². The van der Waals surface area contributed by atoms with E-state index >= 15 is 0 Å². The van der Waals surface area contributed by atoms with Crippen LogP contribution in [0.4, 0.5) is 4.39 Å². The fourth-order valence-corrected chi connectivity index (χ4v) is 3.94. The zero-order valence-corrected chi connectivity index (χ0v) is 16.2. The minimum absolute atomic E-state index is 0.00129. The Kier molecular flexibility index (Phi) is 6.28. The lowest BCUT2D eigenvalue weighted by Crippen LogP contribution is -2.58. The molecule has 3 amide bonds. The molecule has 3 atom stereocenters. The van der Waals surface area contributed by atoms with Gasteiger partial charge in [0.15, 0.2) is 0 Å². The first kappa shape index (κ1) is 20.3. The van der Waals surface area contributed by atoms with Gasteiger partial charge in [0, 0.05) is 43.2 Å². The number of piperazine rings is 1. The van der Waals surface area contributed by atoms with Crippen LogP contribution in [-0.2, 0) is 9.59 Å². The lowest BCUT2D eigenvalue weighted by Gasteiger charge is -2.37. The molecule has 2 saturated heterocycles. The van der Waals surface area contributed by atoms with Gasteiger partial charge in [-0.25, -0.2) is 4.39 Å². The molecule has 0 aromatic heterocycles. The number of carbonyl (C=O) groups is 3. The highest BCUT2D eigenvalue weighted by Gasteiger charge is 2.43. The van der Waals surface area contributed by atoms with E-state index in [1.165, 1.54) is 18.2 Å². The third kappa shape index (κ3) is 4.86. The maximum atomic E-state index is 13.3. The molecule has 2 aliphatic rings. The number of carbonyl (C=O) groups excluding carboxylic acids is 3. The fraction of sp³-hybridized carbons (Fsp3) is 0.550. The molecule has 8 heteroatoms. The highest BCUT2D eigenvalue weighted by molar-refractivity contribution is 5.94. The average molecular weight is 390 g/mol. The summed E-state index contributed by atoms with van der Waals surface area (Å²) in [6.07, 6.45) is 1.53. The number of nitrogens with zero attached hydrogens (tertiary/aromatic N) is 1. The van der Waals surface area contributed by atoms with E-state index < -0.39 is 5.82 Å². The van der Waals surface area contributed by atoms with Gasteiger partial charge < -0.3 is 16.0 Å². The summed E-state index contributed by atoms with van der Waals surface area (Å²) >= 11 is 0. The molecule has 3 unspecified atom stereocenters. The lowest BCUT2D eigenvalue weighted by molar-refractivity contribution is -0.129. The Morgan fingerprint density at radius 3 is 2.86 bits per heavy atom. The quantitative estimate of drug-likeness (QED) is 0.670. The number of nitrogens with one attached hydrogen (secondary N) is 3. The second-order valence-corrected chi connectivity index (χ2v) is 7.79. The van der Waals surface area contributed by atoms with Gasteiger partial charge in [0.25, 0.3) is 5.91 Å². The van der Waals surface area contributed by atoms with E-state index in [4.69, 9.17) is 0 Å². The highest BCUT2D eigenvalue weighted by atomic mass is 19.1. The first-order valence-corrected chi connectivity index (χ1v) is 9.72. The fourth-order valence-electron chi connectivity index (χ4n) is 3.94. The highest BCUT2D eigenvalue weighted by Crippen LogP contribution is 2.26. The van der Waals surface area contributed by atoms with Crippen molar-refractivity contribution in [1.82, 2.24) is 20.9 Å². The number of fused-ring (bicyclic) bond motifs is 1. The van der Waals surface area contributed by atoms with Crippen molar-refractivity contribution in [3.05, 3.63) is 35.6 Å². The zero-order valence-electron chi connectivity index (χ0n) is 16.2. The Morgan fingerprint density at radius 1 is 1.36 bits per heavy atom. The van der Waals surface area contributed by atoms with Gasteiger partial charge in [-0.3, -0.25) is 19.3 Å². The summed E-state index contributed by atoms with van der Waals surface area (Å²) in [6, 6.07) is 5.17. The van der Waals surface area contributed by atoms with Crippen LogP contribution in [0, 0.1) is 5.82 Å². The van der Waals surface area contributed by atoms with E-state index in [9.17, 15) is 18.8 Å². The van der Waals surface area contributed by atoms with Crippen molar-refractivity contribution >= 4 is 17.7 Å². The summed E-state index contributed by atoms with van der Waals surface area (Å²) in [6.45, 7) is 4.87. The molecule has 1 aromatic rings. The van der Waals surface area contributed by atoms with E-state index in [0.717, 1.165) is 0 Å². The van der Waals surface area contributed by atoms with E-state index in [1.807, 2.05) is 13.8 Å². The minimum atomic E-state index is -0.462. The number of hydrogen-bond donors (Lipinski definition) is 3. The molecule has 1 aromatic carbocycles. The third-order valence-electron chi connectivity index (χ3n) is 5.20. The molecule has 2 heterocycles. The summed E-state index contributed by atoms with van der Waals surface area (Å²) in [5.74, 6) is -0.864. The van der Waals surface area contributed by atoms with Crippen molar-refractivity contribution in [2.24, 2.45) is 0 Å². The van der Waals surface area contributed by atoms with Crippen LogP contribution < -0.4 is 16.0 Å². The van der Waals surface area contributed by atoms with Gasteiger partial charge in [-0.15, -0.1) is 0 Å². The van der Waals surface area contributed by atoms with Gasteiger partial charge in [0.2, 0.25) is 11.8 Å². The first-order chi connectivity index (χ1) is 13.3. The van der Waals surface area contributed by atoms with Crippen LogP contribution in [0.2, 0.25) is 0 Å². The molecule has 2 fully saturated rings. The SMILES string of the molecule is CC(C)NC(=O)CCC1CNC(=O)C2CC(NC(=O)c3cccc(F)c3)CN12. The Labute approximate surface area is 164 Å². The number of rotatable bonds is 6. The molecule has 0 radical (unpaired) electrons. The maximum Gasteiger partial charge on any atom is 0.251 e. The van der Waals surface area contributed by atoms with Crippen LogP contribution in [0.15, 0.2) is 24.3 Å². The molecule has 152 valence electrons. The first-order valence-electron chi connectivity index (χ1n) is 9.72. The Morgan fingerprint density at radius 2 is 2.14 bits per heavy atom. The van der Waals surface area contributed by atoms with Crippen molar-refractivity contribution < 1.29 is 18.8 Å². The van der Waals surface area contributed by atoms with Gasteiger partial charge in [-0.05, 0) is 44.9 Å². The Hall–Kier alpha value is -2.48. The largest absolute Gasteiger partial charge is 0.354 e. The molecule has 28 heavy (non-hydrogen) atoms. The van der Waals surface area contributed by atoms with Crippen molar-refractivity contribution in [2.75, 3.05) is 13.1 Å². The molecule has 3 N–H and O–H groups in total. The van der Waals surface area contributed by atoms with Gasteiger partial charge in [-0.2, -0.15) is 0 Å². The predicted octanol–water partition coefficient (Wildman–Crippen LogP) is 0.802. The normalized spacial score (nSPS) is 24.6. The number of hydrogen-bond acceptors (Lipinski definition) is 4. The van der Waals surface area contributed by atoms with E-state index in [-0.39, 0.29) is 47.5 Å². The van der Waals surface area contributed by atoms with E-state index in [2.05, 4.69) is 20.9 Å². The van der Waals surface area contributed by atoms with Gasteiger partial charge >= 0.3 is 0 Å².